The molecule has 0 atom stereocenters. The van der Waals surface area contributed by atoms with Gasteiger partial charge < -0.3 is 5.32 Å². The molecule has 1 fully saturated rings. The van der Waals surface area contributed by atoms with Crippen molar-refractivity contribution in [1.29, 1.82) is 0 Å². The van der Waals surface area contributed by atoms with Crippen molar-refractivity contribution < 1.29 is 0 Å². The van der Waals surface area contributed by atoms with E-state index >= 15 is 0 Å². The lowest BCUT2D eigenvalue weighted by atomic mass is 10.0. The van der Waals surface area contributed by atoms with Crippen molar-refractivity contribution in [3.63, 3.8) is 0 Å². The smallest absolute Gasteiger partial charge is 0.0406 e. The maximum Gasteiger partial charge on any atom is 0.0406 e. The van der Waals surface area contributed by atoms with Gasteiger partial charge in [-0.3, -0.25) is 4.90 Å². The van der Waals surface area contributed by atoms with Gasteiger partial charge in [0.1, 0.15) is 0 Å². The maximum absolute atomic E-state index is 5.89. The monoisotopic (exact) mass is 264 g/mol. The summed E-state index contributed by atoms with van der Waals surface area (Å²) in [6, 6.07) is 8.82. The van der Waals surface area contributed by atoms with Gasteiger partial charge in [-0.2, -0.15) is 0 Å². The Bertz CT molecular complexity index is 367. The van der Waals surface area contributed by atoms with E-state index in [2.05, 4.69) is 28.9 Å². The van der Waals surface area contributed by atoms with Crippen LogP contribution in [0.2, 0.25) is 5.02 Å². The highest BCUT2D eigenvalue weighted by molar-refractivity contribution is 6.30. The predicted molar refractivity (Wildman–Crippen MR) is 78.0 cm³/mol. The summed E-state index contributed by atoms with van der Waals surface area (Å²) in [7, 11) is 0. The molecular weight excluding hydrogens is 244 g/mol. The third-order valence-electron chi connectivity index (χ3n) is 3.46. The quantitative estimate of drug-likeness (QED) is 0.823. The molecule has 3 heteroatoms. The normalized spacial score (nSPS) is 17.8. The van der Waals surface area contributed by atoms with E-state index in [4.69, 9.17) is 11.6 Å². The molecule has 0 aliphatic carbocycles. The standard InChI is InChI=1S/C15H21ClN2/c1-2-9-17-15-7-10-18(11-8-15)12-13-3-5-14(16)6-4-13/h2-6,15,17H,1,7-12H2. The molecule has 1 aliphatic heterocycles. The average Bonchev–Trinajstić information content (AvgIpc) is 2.41. The summed E-state index contributed by atoms with van der Waals surface area (Å²) in [5.41, 5.74) is 1.34. The third-order valence-corrected chi connectivity index (χ3v) is 3.71. The summed E-state index contributed by atoms with van der Waals surface area (Å²) in [5.74, 6) is 0. The minimum atomic E-state index is 0.657. The Morgan fingerprint density at radius 1 is 1.28 bits per heavy atom. The van der Waals surface area contributed by atoms with E-state index < -0.39 is 0 Å². The molecule has 1 aliphatic rings. The molecule has 0 bridgehead atoms. The highest BCUT2D eigenvalue weighted by atomic mass is 35.5. The number of nitrogens with one attached hydrogen (secondary N) is 1. The zero-order valence-corrected chi connectivity index (χ0v) is 11.5. The molecule has 1 N–H and O–H groups in total. The Balaban J connectivity index is 1.76. The second-order valence-corrected chi connectivity index (χ2v) is 5.31. The molecule has 0 unspecified atom stereocenters. The lowest BCUT2D eigenvalue weighted by Gasteiger charge is -2.32. The van der Waals surface area contributed by atoms with Crippen LogP contribution in [0.25, 0.3) is 0 Å². The fourth-order valence-electron chi connectivity index (χ4n) is 2.39. The minimum absolute atomic E-state index is 0.657. The molecule has 1 aromatic carbocycles. The van der Waals surface area contributed by atoms with Gasteiger partial charge in [-0.1, -0.05) is 29.8 Å². The first-order valence-corrected chi connectivity index (χ1v) is 6.97. The number of hydrogen-bond donors (Lipinski definition) is 1. The van der Waals surface area contributed by atoms with Crippen LogP contribution in [0.1, 0.15) is 18.4 Å². The summed E-state index contributed by atoms with van der Waals surface area (Å²) in [6.07, 6.45) is 4.38. The van der Waals surface area contributed by atoms with Gasteiger partial charge in [-0.05, 0) is 43.6 Å². The Kier molecular flexibility index (Phi) is 5.24. The van der Waals surface area contributed by atoms with Crippen molar-refractivity contribution in [3.05, 3.63) is 47.5 Å². The minimum Gasteiger partial charge on any atom is -0.310 e. The van der Waals surface area contributed by atoms with Crippen molar-refractivity contribution in [2.45, 2.75) is 25.4 Å². The summed E-state index contributed by atoms with van der Waals surface area (Å²) >= 11 is 5.89. The average molecular weight is 265 g/mol. The van der Waals surface area contributed by atoms with Gasteiger partial charge in [0.2, 0.25) is 0 Å². The molecule has 0 spiro atoms. The van der Waals surface area contributed by atoms with Crippen molar-refractivity contribution in [3.8, 4) is 0 Å². The van der Waals surface area contributed by atoms with Crippen LogP contribution in [-0.4, -0.2) is 30.6 Å². The molecule has 0 radical (unpaired) electrons. The van der Waals surface area contributed by atoms with Crippen molar-refractivity contribution in [1.82, 2.24) is 10.2 Å². The number of nitrogens with zero attached hydrogens (tertiary/aromatic N) is 1. The lowest BCUT2D eigenvalue weighted by Crippen LogP contribution is -2.42. The zero-order valence-electron chi connectivity index (χ0n) is 10.7. The number of rotatable bonds is 5. The molecule has 1 aromatic rings. The van der Waals surface area contributed by atoms with Crippen LogP contribution in [0.3, 0.4) is 0 Å². The fraction of sp³-hybridized carbons (Fsp3) is 0.467. The van der Waals surface area contributed by atoms with Crippen molar-refractivity contribution >= 4 is 11.6 Å². The molecule has 1 heterocycles. The summed E-state index contributed by atoms with van der Waals surface area (Å²) in [5, 5.41) is 4.31. The summed E-state index contributed by atoms with van der Waals surface area (Å²) in [6.45, 7) is 8.02. The summed E-state index contributed by atoms with van der Waals surface area (Å²) in [4.78, 5) is 2.51. The van der Waals surface area contributed by atoms with Gasteiger partial charge in [-0.15, -0.1) is 6.58 Å². The maximum atomic E-state index is 5.89. The molecule has 0 saturated carbocycles. The van der Waals surface area contributed by atoms with E-state index in [-0.39, 0.29) is 0 Å². The molecule has 0 amide bonds. The van der Waals surface area contributed by atoms with Gasteiger partial charge in [0.25, 0.3) is 0 Å². The van der Waals surface area contributed by atoms with Gasteiger partial charge in [0, 0.05) is 24.2 Å². The first kappa shape index (κ1) is 13.6. The van der Waals surface area contributed by atoms with Crippen LogP contribution in [0, 0.1) is 0 Å². The van der Waals surface area contributed by atoms with Crippen LogP contribution in [0.15, 0.2) is 36.9 Å². The van der Waals surface area contributed by atoms with E-state index in [9.17, 15) is 0 Å². The van der Waals surface area contributed by atoms with E-state index in [1.807, 2.05) is 18.2 Å². The van der Waals surface area contributed by atoms with Gasteiger partial charge in [0.05, 0.1) is 0 Å². The second kappa shape index (κ2) is 6.93. The Hall–Kier alpha value is -0.830. The SMILES string of the molecule is C=CCNC1CCN(Cc2ccc(Cl)cc2)CC1. The highest BCUT2D eigenvalue weighted by Gasteiger charge is 2.18. The molecule has 18 heavy (non-hydrogen) atoms. The van der Waals surface area contributed by atoms with Crippen LogP contribution in [-0.2, 0) is 6.54 Å². The van der Waals surface area contributed by atoms with Gasteiger partial charge in [-0.25, -0.2) is 0 Å². The Labute approximate surface area is 115 Å². The Morgan fingerprint density at radius 3 is 2.56 bits per heavy atom. The number of likely N-dealkylation sites (tertiary alicyclic amines) is 1. The predicted octanol–water partition coefficient (Wildman–Crippen LogP) is 3.08. The van der Waals surface area contributed by atoms with E-state index in [0.717, 1.165) is 31.2 Å². The lowest BCUT2D eigenvalue weighted by molar-refractivity contribution is 0.192. The van der Waals surface area contributed by atoms with E-state index in [0.29, 0.717) is 6.04 Å². The molecular formula is C15H21ClN2. The number of halogens is 1. The zero-order chi connectivity index (χ0) is 12.8. The van der Waals surface area contributed by atoms with Crippen LogP contribution in [0.4, 0.5) is 0 Å². The third kappa shape index (κ3) is 4.13. The number of benzene rings is 1. The number of hydrogen-bond acceptors (Lipinski definition) is 2. The van der Waals surface area contributed by atoms with Gasteiger partial charge >= 0.3 is 0 Å². The van der Waals surface area contributed by atoms with Crippen molar-refractivity contribution in [2.75, 3.05) is 19.6 Å². The number of piperidine rings is 1. The topological polar surface area (TPSA) is 15.3 Å². The van der Waals surface area contributed by atoms with Gasteiger partial charge in [0.15, 0.2) is 0 Å². The molecule has 0 aromatic heterocycles. The van der Waals surface area contributed by atoms with E-state index in [1.165, 1.54) is 18.4 Å². The van der Waals surface area contributed by atoms with Crippen molar-refractivity contribution in [2.24, 2.45) is 0 Å². The molecule has 2 nitrogen and oxygen atoms in total. The first-order valence-electron chi connectivity index (χ1n) is 6.59. The summed E-state index contributed by atoms with van der Waals surface area (Å²) < 4.78 is 0. The molecule has 2 rings (SSSR count). The largest absolute Gasteiger partial charge is 0.310 e. The first-order chi connectivity index (χ1) is 8.78. The van der Waals surface area contributed by atoms with E-state index in [1.54, 1.807) is 0 Å². The fourth-order valence-corrected chi connectivity index (χ4v) is 2.52. The molecule has 98 valence electrons. The van der Waals surface area contributed by atoms with Crippen LogP contribution in [0.5, 0.6) is 0 Å². The highest BCUT2D eigenvalue weighted by Crippen LogP contribution is 2.15. The van der Waals surface area contributed by atoms with Crippen LogP contribution >= 0.6 is 11.6 Å². The molecule has 1 saturated heterocycles. The van der Waals surface area contributed by atoms with Crippen LogP contribution < -0.4 is 5.32 Å². The Morgan fingerprint density at radius 2 is 1.94 bits per heavy atom. The second-order valence-electron chi connectivity index (χ2n) is 4.87.